The zero-order valence-corrected chi connectivity index (χ0v) is 10.5. The lowest BCUT2D eigenvalue weighted by Crippen LogP contribution is -2.47. The fourth-order valence-corrected chi connectivity index (χ4v) is 3.91. The molecule has 3 nitrogen and oxygen atoms in total. The second kappa shape index (κ2) is 3.91. The molecule has 2 heterocycles. The smallest absolute Gasteiger partial charge is 0.0185 e. The van der Waals surface area contributed by atoms with Crippen molar-refractivity contribution in [3.63, 3.8) is 0 Å². The summed E-state index contributed by atoms with van der Waals surface area (Å²) < 4.78 is 2.53. The molecule has 1 saturated carbocycles. The highest BCUT2D eigenvalue weighted by atomic mass is 32.2. The number of likely N-dealkylation sites (N-methyl/N-ethyl adjacent to an activating group) is 1. The first-order valence-electron chi connectivity index (χ1n) is 6.01. The minimum absolute atomic E-state index is 0.946. The van der Waals surface area contributed by atoms with Gasteiger partial charge in [0, 0.05) is 45.3 Å². The van der Waals surface area contributed by atoms with Crippen molar-refractivity contribution in [3.05, 3.63) is 0 Å². The first kappa shape index (κ1) is 10.4. The molecule has 1 aliphatic carbocycles. The van der Waals surface area contributed by atoms with E-state index in [1.54, 1.807) is 0 Å². The largest absolute Gasteiger partial charge is 0.304 e. The summed E-state index contributed by atoms with van der Waals surface area (Å²) in [5.74, 6) is 2.00. The van der Waals surface area contributed by atoms with Crippen LogP contribution in [-0.2, 0) is 0 Å². The highest BCUT2D eigenvalue weighted by Gasteiger charge is 2.58. The van der Waals surface area contributed by atoms with Crippen LogP contribution in [0, 0.1) is 11.8 Å². The Bertz CT molecular complexity index is 228. The van der Waals surface area contributed by atoms with Gasteiger partial charge in [0.05, 0.1) is 0 Å². The van der Waals surface area contributed by atoms with Gasteiger partial charge in [-0.3, -0.25) is 9.21 Å². The maximum Gasteiger partial charge on any atom is 0.0185 e. The third-order valence-electron chi connectivity index (χ3n) is 4.33. The number of hydrogen-bond acceptors (Lipinski definition) is 4. The second-order valence-electron chi connectivity index (χ2n) is 5.19. The molecule has 86 valence electrons. The van der Waals surface area contributed by atoms with E-state index >= 15 is 0 Å². The number of piperidine rings is 1. The van der Waals surface area contributed by atoms with E-state index in [0.29, 0.717) is 0 Å². The molecule has 0 amide bonds. The first-order valence-corrected chi connectivity index (χ1v) is 7.19. The molecule has 15 heavy (non-hydrogen) atoms. The summed E-state index contributed by atoms with van der Waals surface area (Å²) in [6.07, 6.45) is 2.20. The zero-order valence-electron chi connectivity index (χ0n) is 9.72. The van der Waals surface area contributed by atoms with Gasteiger partial charge in [0.1, 0.15) is 0 Å². The Hall–Kier alpha value is 0.230. The summed E-state index contributed by atoms with van der Waals surface area (Å²) in [7, 11) is 2.24. The van der Waals surface area contributed by atoms with Gasteiger partial charge in [0.25, 0.3) is 0 Å². The van der Waals surface area contributed by atoms with Crippen LogP contribution in [0.1, 0.15) is 0 Å². The Balaban J connectivity index is 1.51. The molecule has 2 saturated heterocycles. The first-order chi connectivity index (χ1) is 7.29. The Labute approximate surface area is 96.9 Å². The van der Waals surface area contributed by atoms with Crippen LogP contribution in [0.25, 0.3) is 0 Å². The molecule has 0 aromatic carbocycles. The summed E-state index contributed by atoms with van der Waals surface area (Å²) in [6.45, 7) is 7.80. The van der Waals surface area contributed by atoms with Crippen LogP contribution in [0.15, 0.2) is 0 Å². The third kappa shape index (κ3) is 1.82. The van der Waals surface area contributed by atoms with Gasteiger partial charge in [0.15, 0.2) is 0 Å². The lowest BCUT2D eigenvalue weighted by molar-refractivity contribution is 0.132. The molecule has 2 atom stereocenters. The van der Waals surface area contributed by atoms with E-state index in [-0.39, 0.29) is 0 Å². The fourth-order valence-electron chi connectivity index (χ4n) is 3.27. The van der Waals surface area contributed by atoms with Crippen molar-refractivity contribution in [2.75, 3.05) is 52.6 Å². The normalized spacial score (nSPS) is 43.2. The van der Waals surface area contributed by atoms with Gasteiger partial charge < -0.3 is 4.90 Å². The monoisotopic (exact) mass is 227 g/mol. The average Bonchev–Trinajstić information content (AvgIpc) is 2.75. The molecule has 0 aromatic rings. The summed E-state index contributed by atoms with van der Waals surface area (Å²) in [5.41, 5.74) is 0. The van der Waals surface area contributed by atoms with Crippen molar-refractivity contribution in [2.24, 2.45) is 11.8 Å². The van der Waals surface area contributed by atoms with Crippen LogP contribution >= 0.6 is 11.9 Å². The number of fused-ring (bicyclic) bond motifs is 1. The lowest BCUT2D eigenvalue weighted by Gasteiger charge is -2.34. The van der Waals surface area contributed by atoms with Crippen LogP contribution in [0.2, 0.25) is 0 Å². The standard InChI is InChI=1S/C11H21N3S/c1-12-3-5-13(6-4-12)11-9-7-14(15-2)8-10(9)11/h9-11H,3-8H2,1-2H3. The molecule has 2 unspecified atom stereocenters. The van der Waals surface area contributed by atoms with Gasteiger partial charge in [-0.2, -0.15) is 0 Å². The zero-order chi connectivity index (χ0) is 10.4. The van der Waals surface area contributed by atoms with Gasteiger partial charge in [0.2, 0.25) is 0 Å². The minimum atomic E-state index is 0.946. The van der Waals surface area contributed by atoms with Gasteiger partial charge in [-0.15, -0.1) is 0 Å². The number of nitrogens with zero attached hydrogens (tertiary/aromatic N) is 3. The molecule has 0 N–H and O–H groups in total. The SMILES string of the molecule is CSN1CC2C(C1)C2N1CCN(C)CC1. The van der Waals surface area contributed by atoms with E-state index in [1.807, 2.05) is 11.9 Å². The van der Waals surface area contributed by atoms with E-state index in [2.05, 4.69) is 27.4 Å². The number of hydrogen-bond donors (Lipinski definition) is 0. The molecule has 3 fully saturated rings. The molecule has 0 bridgehead atoms. The maximum absolute atomic E-state index is 2.74. The van der Waals surface area contributed by atoms with Gasteiger partial charge >= 0.3 is 0 Å². The highest BCUT2D eigenvalue weighted by Crippen LogP contribution is 2.50. The maximum atomic E-state index is 2.74. The molecular weight excluding hydrogens is 206 g/mol. The molecular formula is C11H21N3S. The molecule has 0 radical (unpaired) electrons. The van der Waals surface area contributed by atoms with E-state index in [0.717, 1.165) is 17.9 Å². The Morgan fingerprint density at radius 2 is 1.60 bits per heavy atom. The summed E-state index contributed by atoms with van der Waals surface area (Å²) in [5, 5.41) is 0. The van der Waals surface area contributed by atoms with Crippen molar-refractivity contribution in [2.45, 2.75) is 6.04 Å². The highest BCUT2D eigenvalue weighted by molar-refractivity contribution is 7.96. The van der Waals surface area contributed by atoms with Crippen LogP contribution in [0.3, 0.4) is 0 Å². The summed E-state index contributed by atoms with van der Waals surface area (Å²) >= 11 is 1.92. The van der Waals surface area contributed by atoms with Gasteiger partial charge in [-0.25, -0.2) is 0 Å². The average molecular weight is 227 g/mol. The quantitative estimate of drug-likeness (QED) is 0.633. The lowest BCUT2D eigenvalue weighted by atomic mass is 10.3. The predicted octanol–water partition coefficient (Wildman–Crippen LogP) is 0.442. The number of piperazine rings is 1. The van der Waals surface area contributed by atoms with E-state index in [4.69, 9.17) is 0 Å². The number of rotatable bonds is 2. The Kier molecular flexibility index (Phi) is 2.71. The van der Waals surface area contributed by atoms with Crippen LogP contribution in [0.4, 0.5) is 0 Å². The molecule has 0 aromatic heterocycles. The molecule has 3 aliphatic rings. The van der Waals surface area contributed by atoms with Crippen LogP contribution in [0.5, 0.6) is 0 Å². The van der Waals surface area contributed by atoms with Crippen molar-refractivity contribution in [3.8, 4) is 0 Å². The van der Waals surface area contributed by atoms with E-state index < -0.39 is 0 Å². The van der Waals surface area contributed by atoms with Crippen molar-refractivity contribution in [1.82, 2.24) is 14.1 Å². The minimum Gasteiger partial charge on any atom is -0.304 e. The second-order valence-corrected chi connectivity index (χ2v) is 6.07. The topological polar surface area (TPSA) is 9.72 Å². The molecule has 3 rings (SSSR count). The van der Waals surface area contributed by atoms with E-state index in [9.17, 15) is 0 Å². The van der Waals surface area contributed by atoms with Gasteiger partial charge in [-0.05, 0) is 25.1 Å². The third-order valence-corrected chi connectivity index (χ3v) is 5.15. The Morgan fingerprint density at radius 3 is 2.13 bits per heavy atom. The van der Waals surface area contributed by atoms with Crippen molar-refractivity contribution < 1.29 is 0 Å². The van der Waals surface area contributed by atoms with Crippen molar-refractivity contribution in [1.29, 1.82) is 0 Å². The molecule has 2 aliphatic heterocycles. The Morgan fingerprint density at radius 1 is 1.00 bits per heavy atom. The molecule has 4 heteroatoms. The van der Waals surface area contributed by atoms with Crippen molar-refractivity contribution >= 4 is 11.9 Å². The molecule has 0 spiro atoms. The summed E-state index contributed by atoms with van der Waals surface area (Å²) in [4.78, 5) is 5.19. The predicted molar refractivity (Wildman–Crippen MR) is 64.9 cm³/mol. The van der Waals surface area contributed by atoms with E-state index in [1.165, 1.54) is 39.3 Å². The van der Waals surface area contributed by atoms with Crippen LogP contribution < -0.4 is 0 Å². The van der Waals surface area contributed by atoms with Gasteiger partial charge in [-0.1, -0.05) is 11.9 Å². The fraction of sp³-hybridized carbons (Fsp3) is 1.00. The summed E-state index contributed by atoms with van der Waals surface area (Å²) in [6, 6.07) is 0.946. The van der Waals surface area contributed by atoms with Crippen LogP contribution in [-0.4, -0.2) is 72.7 Å².